The Hall–Kier alpha value is -2.41. The molecule has 7 nitrogen and oxygen atoms in total. The molecule has 2 aliphatic heterocycles. The molecule has 2 fully saturated rings. The SMILES string of the molecule is Cc1ccc(C(=O)NCC(=O)N2CCN(CC(=O)N3CCCCCC3)CC2)cc1C. The van der Waals surface area contributed by atoms with E-state index < -0.39 is 0 Å². The molecular formula is C23H34N4O3. The molecule has 3 rings (SSSR count). The molecule has 0 radical (unpaired) electrons. The molecule has 2 aliphatic rings. The summed E-state index contributed by atoms with van der Waals surface area (Å²) in [6, 6.07) is 5.54. The van der Waals surface area contributed by atoms with Gasteiger partial charge in [-0.3, -0.25) is 19.3 Å². The minimum Gasteiger partial charge on any atom is -0.343 e. The van der Waals surface area contributed by atoms with Crippen molar-refractivity contribution in [3.8, 4) is 0 Å². The topological polar surface area (TPSA) is 73.0 Å². The van der Waals surface area contributed by atoms with Gasteiger partial charge in [0.25, 0.3) is 5.91 Å². The van der Waals surface area contributed by atoms with Gasteiger partial charge in [-0.25, -0.2) is 0 Å². The van der Waals surface area contributed by atoms with Crippen molar-refractivity contribution in [2.75, 3.05) is 52.4 Å². The highest BCUT2D eigenvalue weighted by Crippen LogP contribution is 2.12. The number of nitrogens with zero attached hydrogens (tertiary/aromatic N) is 3. The Morgan fingerprint density at radius 1 is 0.800 bits per heavy atom. The van der Waals surface area contributed by atoms with Crippen molar-refractivity contribution >= 4 is 17.7 Å². The van der Waals surface area contributed by atoms with Crippen LogP contribution in [0.4, 0.5) is 0 Å². The lowest BCUT2D eigenvalue weighted by Crippen LogP contribution is -2.53. The van der Waals surface area contributed by atoms with Crippen LogP contribution < -0.4 is 5.32 Å². The van der Waals surface area contributed by atoms with Crippen LogP contribution in [-0.2, 0) is 9.59 Å². The third-order valence-corrected chi connectivity index (χ3v) is 6.21. The maximum absolute atomic E-state index is 12.5. The van der Waals surface area contributed by atoms with E-state index in [9.17, 15) is 14.4 Å². The molecule has 0 bridgehead atoms. The molecule has 2 saturated heterocycles. The summed E-state index contributed by atoms with van der Waals surface area (Å²) in [7, 11) is 0. The van der Waals surface area contributed by atoms with Crippen LogP contribution in [0.15, 0.2) is 18.2 Å². The lowest BCUT2D eigenvalue weighted by atomic mass is 10.1. The first-order chi connectivity index (χ1) is 14.4. The van der Waals surface area contributed by atoms with Crippen molar-refractivity contribution in [1.82, 2.24) is 20.0 Å². The van der Waals surface area contributed by atoms with Gasteiger partial charge in [0.2, 0.25) is 11.8 Å². The molecule has 1 aromatic rings. The predicted octanol–water partition coefficient (Wildman–Crippen LogP) is 1.58. The van der Waals surface area contributed by atoms with Crippen molar-refractivity contribution < 1.29 is 14.4 Å². The minimum atomic E-state index is -0.229. The summed E-state index contributed by atoms with van der Waals surface area (Å²) in [5.74, 6) is -0.101. The number of rotatable bonds is 5. The molecule has 0 unspecified atom stereocenters. The van der Waals surface area contributed by atoms with Crippen molar-refractivity contribution in [2.45, 2.75) is 39.5 Å². The summed E-state index contributed by atoms with van der Waals surface area (Å²) >= 11 is 0. The third kappa shape index (κ3) is 6.05. The Balaban J connectivity index is 1.39. The van der Waals surface area contributed by atoms with Crippen molar-refractivity contribution in [3.05, 3.63) is 34.9 Å². The Morgan fingerprint density at radius 3 is 2.07 bits per heavy atom. The van der Waals surface area contributed by atoms with Crippen LogP contribution in [-0.4, -0.2) is 84.8 Å². The number of hydrogen-bond donors (Lipinski definition) is 1. The molecule has 2 heterocycles. The van der Waals surface area contributed by atoms with Gasteiger partial charge in [-0.15, -0.1) is 0 Å². The highest BCUT2D eigenvalue weighted by molar-refractivity contribution is 5.96. The molecule has 0 atom stereocenters. The fourth-order valence-corrected chi connectivity index (χ4v) is 4.02. The number of likely N-dealkylation sites (tertiary alicyclic amines) is 1. The number of carbonyl (C=O) groups is 3. The highest BCUT2D eigenvalue weighted by atomic mass is 16.2. The van der Waals surface area contributed by atoms with E-state index in [4.69, 9.17) is 0 Å². The largest absolute Gasteiger partial charge is 0.343 e. The average Bonchev–Trinajstić information content (AvgIpc) is 3.04. The molecular weight excluding hydrogens is 380 g/mol. The molecule has 7 heteroatoms. The highest BCUT2D eigenvalue weighted by Gasteiger charge is 2.24. The summed E-state index contributed by atoms with van der Waals surface area (Å²) < 4.78 is 0. The van der Waals surface area contributed by atoms with Crippen LogP contribution in [0, 0.1) is 13.8 Å². The molecule has 0 aliphatic carbocycles. The van der Waals surface area contributed by atoms with Crippen LogP contribution in [0.25, 0.3) is 0 Å². The van der Waals surface area contributed by atoms with Gasteiger partial charge < -0.3 is 15.1 Å². The molecule has 30 heavy (non-hydrogen) atoms. The maximum Gasteiger partial charge on any atom is 0.251 e. The van der Waals surface area contributed by atoms with Crippen molar-refractivity contribution in [1.29, 1.82) is 0 Å². The fraction of sp³-hybridized carbons (Fsp3) is 0.609. The summed E-state index contributed by atoms with van der Waals surface area (Å²) in [6.07, 6.45) is 4.62. The zero-order valence-corrected chi connectivity index (χ0v) is 18.3. The molecule has 0 saturated carbocycles. The normalized spacial score (nSPS) is 18.1. The number of aryl methyl sites for hydroxylation is 2. The van der Waals surface area contributed by atoms with Gasteiger partial charge >= 0.3 is 0 Å². The van der Waals surface area contributed by atoms with Gasteiger partial charge in [-0.05, 0) is 49.9 Å². The van der Waals surface area contributed by atoms with E-state index in [1.165, 1.54) is 12.8 Å². The van der Waals surface area contributed by atoms with E-state index in [2.05, 4.69) is 10.2 Å². The zero-order chi connectivity index (χ0) is 21.5. The van der Waals surface area contributed by atoms with Crippen LogP contribution in [0.2, 0.25) is 0 Å². The monoisotopic (exact) mass is 414 g/mol. The van der Waals surface area contributed by atoms with Gasteiger partial charge in [0.05, 0.1) is 13.1 Å². The molecule has 164 valence electrons. The van der Waals surface area contributed by atoms with E-state index in [0.29, 0.717) is 38.3 Å². The van der Waals surface area contributed by atoms with Gasteiger partial charge in [0, 0.05) is 44.8 Å². The molecule has 0 spiro atoms. The van der Waals surface area contributed by atoms with Crippen molar-refractivity contribution in [3.63, 3.8) is 0 Å². The van der Waals surface area contributed by atoms with Crippen molar-refractivity contribution in [2.24, 2.45) is 0 Å². The van der Waals surface area contributed by atoms with E-state index in [1.807, 2.05) is 30.9 Å². The first-order valence-electron chi connectivity index (χ1n) is 11.1. The van der Waals surface area contributed by atoms with Gasteiger partial charge in [0.1, 0.15) is 0 Å². The quantitative estimate of drug-likeness (QED) is 0.794. The second kappa shape index (κ2) is 10.6. The maximum atomic E-state index is 12.5. The fourth-order valence-electron chi connectivity index (χ4n) is 4.02. The minimum absolute atomic E-state index is 0.00152. The Kier molecular flexibility index (Phi) is 7.85. The first kappa shape index (κ1) is 22.3. The lowest BCUT2D eigenvalue weighted by Gasteiger charge is -2.35. The number of benzene rings is 1. The van der Waals surface area contributed by atoms with Gasteiger partial charge in [0.15, 0.2) is 0 Å². The molecule has 1 aromatic carbocycles. The van der Waals surface area contributed by atoms with Crippen LogP contribution in [0.1, 0.15) is 47.2 Å². The predicted molar refractivity (Wildman–Crippen MR) is 116 cm³/mol. The summed E-state index contributed by atoms with van der Waals surface area (Å²) in [5, 5.41) is 2.73. The summed E-state index contributed by atoms with van der Waals surface area (Å²) in [5.41, 5.74) is 2.76. The Morgan fingerprint density at radius 2 is 1.43 bits per heavy atom. The van der Waals surface area contributed by atoms with Crippen LogP contribution in [0.5, 0.6) is 0 Å². The second-order valence-corrected chi connectivity index (χ2v) is 8.43. The molecule has 1 N–H and O–H groups in total. The zero-order valence-electron chi connectivity index (χ0n) is 18.3. The summed E-state index contributed by atoms with van der Waals surface area (Å²) in [4.78, 5) is 43.2. The second-order valence-electron chi connectivity index (χ2n) is 8.43. The van der Waals surface area contributed by atoms with E-state index >= 15 is 0 Å². The Bertz CT molecular complexity index is 764. The van der Waals surface area contributed by atoms with Crippen LogP contribution in [0.3, 0.4) is 0 Å². The smallest absolute Gasteiger partial charge is 0.251 e. The molecule has 0 aromatic heterocycles. The number of piperazine rings is 1. The van der Waals surface area contributed by atoms with E-state index in [1.54, 1.807) is 11.0 Å². The van der Waals surface area contributed by atoms with Gasteiger partial charge in [-0.1, -0.05) is 18.9 Å². The third-order valence-electron chi connectivity index (χ3n) is 6.21. The first-order valence-corrected chi connectivity index (χ1v) is 11.1. The Labute approximate surface area is 179 Å². The lowest BCUT2D eigenvalue weighted by molar-refractivity contribution is -0.134. The molecule has 3 amide bonds. The van der Waals surface area contributed by atoms with Gasteiger partial charge in [-0.2, -0.15) is 0 Å². The van der Waals surface area contributed by atoms with E-state index in [-0.39, 0.29) is 24.3 Å². The summed E-state index contributed by atoms with van der Waals surface area (Å²) in [6.45, 7) is 8.71. The van der Waals surface area contributed by atoms with E-state index in [0.717, 1.165) is 37.1 Å². The number of amides is 3. The van der Waals surface area contributed by atoms with Crippen LogP contribution >= 0.6 is 0 Å². The number of hydrogen-bond acceptors (Lipinski definition) is 4. The standard InChI is InChI=1S/C23H34N4O3/c1-18-7-8-20(15-19(18)2)23(30)24-16-21(28)27-13-11-25(12-14-27)17-22(29)26-9-5-3-4-6-10-26/h7-8,15H,3-6,9-14,16-17H2,1-2H3,(H,24,30). The average molecular weight is 415 g/mol. The number of carbonyl (C=O) groups excluding carboxylic acids is 3. The number of nitrogens with one attached hydrogen (secondary N) is 1.